The first-order valence-electron chi connectivity index (χ1n) is 9.28. The van der Waals surface area contributed by atoms with Gasteiger partial charge in [-0.1, -0.05) is 42.5 Å². The fourth-order valence-corrected chi connectivity index (χ4v) is 5.88. The third kappa shape index (κ3) is 1.80. The number of ketones is 1. The van der Waals surface area contributed by atoms with Crippen molar-refractivity contribution in [1.82, 2.24) is 9.80 Å². The molecular weight excluding hydrogens is 342 g/mol. The number of nitriles is 1. The number of nitrogens with zero attached hydrogens (tertiary/aromatic N) is 3. The van der Waals surface area contributed by atoms with Crippen LogP contribution in [0.2, 0.25) is 0 Å². The van der Waals surface area contributed by atoms with Crippen molar-refractivity contribution in [2.24, 2.45) is 17.8 Å². The summed E-state index contributed by atoms with van der Waals surface area (Å²) in [4.78, 5) is 43.0. The fraction of sp³-hybridized carbons (Fsp3) is 0.429. The van der Waals surface area contributed by atoms with Crippen LogP contribution in [0.15, 0.2) is 42.5 Å². The zero-order valence-corrected chi connectivity index (χ0v) is 14.9. The highest BCUT2D eigenvalue weighted by molar-refractivity contribution is 6.13. The molecule has 4 aliphatic heterocycles. The minimum Gasteiger partial charge on any atom is -0.292 e. The van der Waals surface area contributed by atoms with Crippen molar-refractivity contribution in [2.45, 2.75) is 30.5 Å². The molecule has 6 nitrogen and oxygen atoms in total. The van der Waals surface area contributed by atoms with Gasteiger partial charge in [-0.2, -0.15) is 5.26 Å². The fourth-order valence-electron chi connectivity index (χ4n) is 5.88. The molecule has 0 radical (unpaired) electrons. The summed E-state index contributed by atoms with van der Waals surface area (Å²) in [7, 11) is 1.50. The molecule has 136 valence electrons. The molecule has 3 saturated heterocycles. The van der Waals surface area contributed by atoms with E-state index in [9.17, 15) is 19.6 Å². The molecule has 3 fully saturated rings. The first-order valence-corrected chi connectivity index (χ1v) is 9.28. The van der Waals surface area contributed by atoms with E-state index in [1.165, 1.54) is 11.9 Å². The molecule has 0 unspecified atom stereocenters. The van der Waals surface area contributed by atoms with Gasteiger partial charge in [0.1, 0.15) is 0 Å². The Morgan fingerprint density at radius 3 is 2.67 bits per heavy atom. The Bertz CT molecular complexity index is 934. The van der Waals surface area contributed by atoms with Crippen molar-refractivity contribution >= 4 is 17.6 Å². The van der Waals surface area contributed by atoms with Gasteiger partial charge in [0, 0.05) is 24.7 Å². The topological polar surface area (TPSA) is 81.5 Å². The first-order chi connectivity index (χ1) is 13.0. The summed E-state index contributed by atoms with van der Waals surface area (Å²) in [5.74, 6) is -2.23. The van der Waals surface area contributed by atoms with Crippen LogP contribution < -0.4 is 0 Å². The maximum atomic E-state index is 13.8. The predicted molar refractivity (Wildman–Crippen MR) is 95.2 cm³/mol. The third-order valence-corrected chi connectivity index (χ3v) is 6.89. The average molecular weight is 361 g/mol. The van der Waals surface area contributed by atoms with Gasteiger partial charge >= 0.3 is 0 Å². The molecule has 6 heteroatoms. The van der Waals surface area contributed by atoms with Gasteiger partial charge in [-0.3, -0.25) is 24.2 Å². The average Bonchev–Trinajstić information content (AvgIpc) is 3.28. The number of imide groups is 1. The van der Waals surface area contributed by atoms with E-state index in [1.54, 1.807) is 24.3 Å². The number of fused-ring (bicyclic) bond motifs is 3. The quantitative estimate of drug-likeness (QED) is 0.452. The lowest BCUT2D eigenvalue weighted by Gasteiger charge is -2.40. The van der Waals surface area contributed by atoms with E-state index in [1.807, 2.05) is 23.1 Å². The first kappa shape index (κ1) is 16.4. The molecule has 6 atom stereocenters. The van der Waals surface area contributed by atoms with Gasteiger partial charge in [0.2, 0.25) is 11.8 Å². The Kier molecular flexibility index (Phi) is 3.26. The Balaban J connectivity index is 1.74. The summed E-state index contributed by atoms with van der Waals surface area (Å²) >= 11 is 0. The maximum Gasteiger partial charge on any atom is 0.235 e. The molecule has 0 spiro atoms. The highest BCUT2D eigenvalue weighted by Gasteiger charge is 2.75. The Hall–Kier alpha value is -2.78. The second-order valence-corrected chi connectivity index (χ2v) is 7.93. The van der Waals surface area contributed by atoms with E-state index in [0.717, 1.165) is 0 Å². The minimum atomic E-state index is -1.12. The molecule has 2 amide bonds. The van der Waals surface area contributed by atoms with Gasteiger partial charge in [0.25, 0.3) is 0 Å². The molecule has 0 bridgehead atoms. The summed E-state index contributed by atoms with van der Waals surface area (Å²) in [5, 5.41) is 9.73. The van der Waals surface area contributed by atoms with Crippen LogP contribution >= 0.6 is 0 Å². The number of likely N-dealkylation sites (tertiary alicyclic amines) is 1. The van der Waals surface area contributed by atoms with E-state index in [4.69, 9.17) is 0 Å². The molecule has 4 heterocycles. The lowest BCUT2D eigenvalue weighted by atomic mass is 9.72. The van der Waals surface area contributed by atoms with Crippen molar-refractivity contribution in [3.63, 3.8) is 0 Å². The van der Waals surface area contributed by atoms with Crippen molar-refractivity contribution in [3.8, 4) is 6.07 Å². The number of rotatable bonds is 2. The van der Waals surface area contributed by atoms with Crippen LogP contribution in [-0.4, -0.2) is 52.1 Å². The Morgan fingerprint density at radius 1 is 1.22 bits per heavy atom. The van der Waals surface area contributed by atoms with Gasteiger partial charge in [0.15, 0.2) is 5.78 Å². The monoisotopic (exact) mass is 361 g/mol. The number of carbonyl (C=O) groups excluding carboxylic acids is 3. The van der Waals surface area contributed by atoms with Gasteiger partial charge in [0.05, 0.1) is 29.4 Å². The number of benzene rings is 1. The molecular formula is C21H19N3O3. The van der Waals surface area contributed by atoms with Crippen LogP contribution in [0.4, 0.5) is 0 Å². The van der Waals surface area contributed by atoms with Crippen molar-refractivity contribution in [1.29, 1.82) is 5.26 Å². The summed E-state index contributed by atoms with van der Waals surface area (Å²) in [5.41, 5.74) is -0.595. The highest BCUT2D eigenvalue weighted by Crippen LogP contribution is 2.59. The van der Waals surface area contributed by atoms with Crippen molar-refractivity contribution in [3.05, 3.63) is 48.0 Å². The number of hydrogen-bond donors (Lipinski definition) is 0. The third-order valence-electron chi connectivity index (χ3n) is 6.89. The lowest BCUT2D eigenvalue weighted by molar-refractivity contribution is -0.140. The van der Waals surface area contributed by atoms with E-state index in [-0.39, 0.29) is 42.0 Å². The van der Waals surface area contributed by atoms with Crippen LogP contribution in [0.1, 0.15) is 23.2 Å². The maximum absolute atomic E-state index is 13.8. The number of Topliss-reactive ketones (excluding diaryl/α,β-unsaturated/α-hetero) is 1. The zero-order valence-electron chi connectivity index (χ0n) is 14.9. The summed E-state index contributed by atoms with van der Waals surface area (Å²) < 4.78 is 0. The number of amides is 2. The molecule has 0 N–H and O–H groups in total. The predicted octanol–water partition coefficient (Wildman–Crippen LogP) is 1.40. The molecule has 0 aromatic heterocycles. The van der Waals surface area contributed by atoms with Crippen LogP contribution in [-0.2, 0) is 9.59 Å². The lowest BCUT2D eigenvalue weighted by Crippen LogP contribution is -2.57. The minimum absolute atomic E-state index is 0.143. The van der Waals surface area contributed by atoms with Crippen LogP contribution in [0, 0.1) is 29.1 Å². The second kappa shape index (κ2) is 5.37. The molecule has 1 aromatic rings. The molecule has 5 rings (SSSR count). The smallest absolute Gasteiger partial charge is 0.235 e. The van der Waals surface area contributed by atoms with Gasteiger partial charge in [-0.05, 0) is 12.8 Å². The van der Waals surface area contributed by atoms with E-state index < -0.39 is 17.4 Å². The Labute approximate surface area is 157 Å². The molecule has 27 heavy (non-hydrogen) atoms. The SMILES string of the molecule is CN1C(=O)[C@H]2[C@H]3CC=C[C@H]4[C@@H](C#N)C[C@@](C(=O)c5ccccc5)([C@H]2C1=O)N34. The zero-order chi connectivity index (χ0) is 18.9. The highest BCUT2D eigenvalue weighted by atomic mass is 16.2. The van der Waals surface area contributed by atoms with Crippen molar-refractivity contribution in [2.75, 3.05) is 7.05 Å². The van der Waals surface area contributed by atoms with Gasteiger partial charge in [-0.15, -0.1) is 0 Å². The number of hydrogen-bond acceptors (Lipinski definition) is 5. The van der Waals surface area contributed by atoms with Crippen LogP contribution in [0.3, 0.4) is 0 Å². The van der Waals surface area contributed by atoms with Crippen LogP contribution in [0.5, 0.6) is 0 Å². The molecule has 4 aliphatic rings. The van der Waals surface area contributed by atoms with Gasteiger partial charge in [-0.25, -0.2) is 0 Å². The van der Waals surface area contributed by atoms with Gasteiger partial charge < -0.3 is 0 Å². The molecule has 0 aliphatic carbocycles. The van der Waals surface area contributed by atoms with E-state index in [0.29, 0.717) is 12.0 Å². The van der Waals surface area contributed by atoms with Crippen LogP contribution in [0.25, 0.3) is 0 Å². The standard InChI is InChI=1S/C21H19N3O3/c1-23-19(26)16-15-9-5-8-14-13(11-22)10-21(24(14)15,17(16)20(23)27)18(25)12-6-3-2-4-7-12/h2-8,13-17H,9-10H2,1H3/t13-,14+,15-,16+,17-,21+/m1/s1. The van der Waals surface area contributed by atoms with Crippen molar-refractivity contribution < 1.29 is 14.4 Å². The Morgan fingerprint density at radius 2 is 1.96 bits per heavy atom. The second-order valence-electron chi connectivity index (χ2n) is 7.93. The largest absolute Gasteiger partial charge is 0.292 e. The molecule has 0 saturated carbocycles. The normalized spacial score (nSPS) is 39.4. The summed E-state index contributed by atoms with van der Waals surface area (Å²) in [6.07, 6.45) is 4.88. The molecule has 1 aromatic carbocycles. The van der Waals surface area contributed by atoms with E-state index >= 15 is 0 Å². The van der Waals surface area contributed by atoms with E-state index in [2.05, 4.69) is 6.07 Å². The summed E-state index contributed by atoms with van der Waals surface area (Å²) in [6.45, 7) is 0. The number of carbonyl (C=O) groups is 3. The summed E-state index contributed by atoms with van der Waals surface area (Å²) in [6, 6.07) is 10.8.